The Morgan fingerprint density at radius 3 is 2.74 bits per heavy atom. The highest BCUT2D eigenvalue weighted by molar-refractivity contribution is 5.31. The van der Waals surface area contributed by atoms with Crippen molar-refractivity contribution in [1.29, 1.82) is 5.26 Å². The largest absolute Gasteiger partial charge is 0.378 e. The Bertz CT molecular complexity index is 415. The highest BCUT2D eigenvalue weighted by Crippen LogP contribution is 2.16. The van der Waals surface area contributed by atoms with Gasteiger partial charge in [-0.1, -0.05) is 12.1 Å². The molecule has 0 aliphatic carbocycles. The van der Waals surface area contributed by atoms with Crippen LogP contribution in [0.1, 0.15) is 36.8 Å². The van der Waals surface area contributed by atoms with Crippen LogP contribution in [0.15, 0.2) is 24.3 Å². The first kappa shape index (κ1) is 14.0. The van der Waals surface area contributed by atoms with E-state index in [0.29, 0.717) is 6.10 Å². The van der Waals surface area contributed by atoms with Crippen LogP contribution in [0.25, 0.3) is 0 Å². The Balaban J connectivity index is 1.73. The van der Waals surface area contributed by atoms with E-state index >= 15 is 0 Å². The van der Waals surface area contributed by atoms with Crippen LogP contribution < -0.4 is 0 Å². The van der Waals surface area contributed by atoms with Crippen molar-refractivity contribution < 1.29 is 4.74 Å². The summed E-state index contributed by atoms with van der Waals surface area (Å²) in [4.78, 5) is 2.32. The molecule has 102 valence electrons. The van der Waals surface area contributed by atoms with E-state index in [2.05, 4.69) is 18.0 Å². The van der Waals surface area contributed by atoms with Crippen LogP contribution in [0.5, 0.6) is 0 Å². The van der Waals surface area contributed by atoms with E-state index in [0.717, 1.165) is 31.7 Å². The molecule has 1 saturated heterocycles. The van der Waals surface area contributed by atoms with Gasteiger partial charge in [0.1, 0.15) is 0 Å². The second-order valence-electron chi connectivity index (χ2n) is 5.32. The quantitative estimate of drug-likeness (QED) is 0.814. The smallest absolute Gasteiger partial charge is 0.0991 e. The predicted molar refractivity (Wildman–Crippen MR) is 75.7 cm³/mol. The standard InChI is InChI=1S/C16H22N2O/c1-18(10-9-16-4-2-3-11-19-16)13-15-7-5-14(12-17)6-8-15/h5-8,16H,2-4,9-11,13H2,1H3. The molecule has 19 heavy (non-hydrogen) atoms. The summed E-state index contributed by atoms with van der Waals surface area (Å²) in [6.45, 7) is 2.92. The molecule has 0 spiro atoms. The SMILES string of the molecule is CN(CCC1CCCCO1)Cc1ccc(C#N)cc1. The van der Waals surface area contributed by atoms with Crippen molar-refractivity contribution >= 4 is 0 Å². The van der Waals surface area contributed by atoms with Gasteiger partial charge < -0.3 is 9.64 Å². The van der Waals surface area contributed by atoms with Crippen molar-refractivity contribution in [2.45, 2.75) is 38.3 Å². The predicted octanol–water partition coefficient (Wildman–Crippen LogP) is 2.95. The van der Waals surface area contributed by atoms with E-state index in [1.54, 1.807) is 0 Å². The molecule has 0 amide bonds. The van der Waals surface area contributed by atoms with Gasteiger partial charge in [-0.15, -0.1) is 0 Å². The number of nitriles is 1. The van der Waals surface area contributed by atoms with Gasteiger partial charge in [0, 0.05) is 19.7 Å². The number of hydrogen-bond donors (Lipinski definition) is 0. The maximum atomic E-state index is 8.76. The van der Waals surface area contributed by atoms with Crippen molar-refractivity contribution in [3.05, 3.63) is 35.4 Å². The normalized spacial score (nSPS) is 19.3. The lowest BCUT2D eigenvalue weighted by molar-refractivity contribution is 0.00641. The van der Waals surface area contributed by atoms with Crippen LogP contribution in [0.2, 0.25) is 0 Å². The lowest BCUT2D eigenvalue weighted by atomic mass is 10.1. The van der Waals surface area contributed by atoms with Gasteiger partial charge in [0.05, 0.1) is 17.7 Å². The fraction of sp³-hybridized carbons (Fsp3) is 0.562. The molecular weight excluding hydrogens is 236 g/mol. The summed E-state index contributed by atoms with van der Waals surface area (Å²) in [6, 6.07) is 9.98. The van der Waals surface area contributed by atoms with E-state index < -0.39 is 0 Å². The lowest BCUT2D eigenvalue weighted by Gasteiger charge is -2.25. The van der Waals surface area contributed by atoms with Gasteiger partial charge in [0.25, 0.3) is 0 Å². The minimum Gasteiger partial charge on any atom is -0.378 e. The first-order valence-corrected chi connectivity index (χ1v) is 7.07. The van der Waals surface area contributed by atoms with E-state index in [1.165, 1.54) is 24.8 Å². The molecule has 0 radical (unpaired) electrons. The molecule has 1 aliphatic rings. The molecule has 1 heterocycles. The number of ether oxygens (including phenoxy) is 1. The molecule has 0 saturated carbocycles. The van der Waals surface area contributed by atoms with Gasteiger partial charge in [-0.05, 0) is 50.4 Å². The van der Waals surface area contributed by atoms with Crippen LogP contribution in [-0.4, -0.2) is 31.2 Å². The van der Waals surface area contributed by atoms with Crippen LogP contribution >= 0.6 is 0 Å². The third-order valence-corrected chi connectivity index (χ3v) is 3.64. The first-order valence-electron chi connectivity index (χ1n) is 7.07. The molecule has 0 bridgehead atoms. The van der Waals surface area contributed by atoms with E-state index in [4.69, 9.17) is 10.00 Å². The molecule has 3 heteroatoms. The average Bonchev–Trinajstić information content (AvgIpc) is 2.47. The van der Waals surface area contributed by atoms with Gasteiger partial charge in [-0.3, -0.25) is 0 Å². The maximum absolute atomic E-state index is 8.76. The minimum absolute atomic E-state index is 0.456. The average molecular weight is 258 g/mol. The second kappa shape index (κ2) is 7.28. The second-order valence-corrected chi connectivity index (χ2v) is 5.32. The molecule has 3 nitrogen and oxygen atoms in total. The Morgan fingerprint density at radius 1 is 1.32 bits per heavy atom. The van der Waals surface area contributed by atoms with Crippen molar-refractivity contribution in [3.8, 4) is 6.07 Å². The summed E-state index contributed by atoms with van der Waals surface area (Å²) in [5, 5.41) is 8.76. The number of benzene rings is 1. The molecule has 2 rings (SSSR count). The summed E-state index contributed by atoms with van der Waals surface area (Å²) in [7, 11) is 2.14. The molecule has 1 unspecified atom stereocenters. The highest BCUT2D eigenvalue weighted by atomic mass is 16.5. The molecule has 1 aromatic rings. The maximum Gasteiger partial charge on any atom is 0.0991 e. The van der Waals surface area contributed by atoms with Crippen molar-refractivity contribution in [1.82, 2.24) is 4.90 Å². The van der Waals surface area contributed by atoms with Crippen molar-refractivity contribution in [2.24, 2.45) is 0 Å². The molecule has 0 N–H and O–H groups in total. The lowest BCUT2D eigenvalue weighted by Crippen LogP contribution is -2.26. The molecule has 1 fully saturated rings. The Morgan fingerprint density at radius 2 is 2.11 bits per heavy atom. The van der Waals surface area contributed by atoms with Crippen LogP contribution in [0.4, 0.5) is 0 Å². The Labute approximate surface area is 115 Å². The molecular formula is C16H22N2O. The van der Waals surface area contributed by atoms with Gasteiger partial charge in [0.15, 0.2) is 0 Å². The summed E-state index contributed by atoms with van der Waals surface area (Å²) < 4.78 is 5.75. The van der Waals surface area contributed by atoms with E-state index in [-0.39, 0.29) is 0 Å². The molecule has 1 atom stereocenters. The first-order chi connectivity index (χ1) is 9.28. The minimum atomic E-state index is 0.456. The monoisotopic (exact) mass is 258 g/mol. The summed E-state index contributed by atoms with van der Waals surface area (Å²) in [6.07, 6.45) is 5.32. The van der Waals surface area contributed by atoms with Crippen molar-refractivity contribution in [3.63, 3.8) is 0 Å². The van der Waals surface area contributed by atoms with Gasteiger partial charge in [-0.25, -0.2) is 0 Å². The highest BCUT2D eigenvalue weighted by Gasteiger charge is 2.14. The zero-order valence-electron chi connectivity index (χ0n) is 11.6. The van der Waals surface area contributed by atoms with Gasteiger partial charge in [-0.2, -0.15) is 5.26 Å². The Kier molecular flexibility index (Phi) is 5.38. The van der Waals surface area contributed by atoms with Crippen LogP contribution in [0.3, 0.4) is 0 Å². The molecule has 1 aliphatic heterocycles. The third-order valence-electron chi connectivity index (χ3n) is 3.64. The fourth-order valence-corrected chi connectivity index (χ4v) is 2.47. The van der Waals surface area contributed by atoms with Gasteiger partial charge >= 0.3 is 0 Å². The molecule has 1 aromatic carbocycles. The van der Waals surface area contributed by atoms with E-state index in [1.807, 2.05) is 24.3 Å². The van der Waals surface area contributed by atoms with Crippen LogP contribution in [-0.2, 0) is 11.3 Å². The summed E-state index contributed by atoms with van der Waals surface area (Å²) >= 11 is 0. The summed E-state index contributed by atoms with van der Waals surface area (Å²) in [5.41, 5.74) is 1.98. The zero-order valence-corrected chi connectivity index (χ0v) is 11.6. The third kappa shape index (κ3) is 4.66. The van der Waals surface area contributed by atoms with Gasteiger partial charge in [0.2, 0.25) is 0 Å². The summed E-state index contributed by atoms with van der Waals surface area (Å²) in [5.74, 6) is 0. The van der Waals surface area contributed by atoms with E-state index in [9.17, 15) is 0 Å². The number of rotatable bonds is 5. The Hall–Kier alpha value is -1.37. The molecule has 0 aromatic heterocycles. The van der Waals surface area contributed by atoms with Crippen molar-refractivity contribution in [2.75, 3.05) is 20.2 Å². The zero-order chi connectivity index (χ0) is 13.5. The van der Waals surface area contributed by atoms with Crippen LogP contribution in [0, 0.1) is 11.3 Å². The topological polar surface area (TPSA) is 36.3 Å². The number of hydrogen-bond acceptors (Lipinski definition) is 3. The fourth-order valence-electron chi connectivity index (χ4n) is 2.47. The number of nitrogens with zero attached hydrogens (tertiary/aromatic N) is 2.